The van der Waals surface area contributed by atoms with Crippen molar-refractivity contribution in [2.75, 3.05) is 35.9 Å². The van der Waals surface area contributed by atoms with Gasteiger partial charge < -0.3 is 102 Å². The molecule has 20 atom stereocenters. The molecular formula is C38H42N2Na14O68S16. The molecule has 4 aliphatic rings. The number of sulfonamides is 2. The van der Waals surface area contributed by atoms with E-state index in [1.165, 1.54) is 0 Å². The van der Waals surface area contributed by atoms with Crippen molar-refractivity contribution in [3.8, 4) is 11.5 Å². The predicted molar refractivity (Wildman–Crippen MR) is 341 cm³/mol. The molecule has 0 saturated carbocycles. The van der Waals surface area contributed by atoms with Gasteiger partial charge in [0.15, 0.2) is 41.6 Å². The Morgan fingerprint density at radius 2 is 0.391 bits per heavy atom. The van der Waals surface area contributed by atoms with Gasteiger partial charge in [-0.05, 0) is 55.5 Å². The van der Waals surface area contributed by atoms with Crippen LogP contribution in [0.1, 0.15) is 6.92 Å². The molecule has 722 valence electrons. The molecule has 0 bridgehead atoms. The second-order valence-corrected chi connectivity index (χ2v) is 41.6. The summed E-state index contributed by atoms with van der Waals surface area (Å²) in [5, 5.41) is 0. The molecule has 0 aliphatic carbocycles. The molecule has 4 heterocycles. The van der Waals surface area contributed by atoms with E-state index in [0.29, 0.717) is 55.5 Å². The first kappa shape index (κ1) is 165. The first-order valence-electron chi connectivity index (χ1n) is 29.8. The summed E-state index contributed by atoms with van der Waals surface area (Å²) in [6, 6.07) is 3.93. The standard InChI is InChI=1S/C38H56N2O68S16.14Na/c1-14(109(41,42)39-15-2-6-17(7-3-15)91-35-31(105-121(75,76)77)27(101-117(63,64)65)23(19(93-35)10-87-111(45,46)47)97-37-33(107-123(81,82)83)29(103-119(69,70)71)25(99-115(57,58)59)21(95-37)12-89-113(51,52)53)110(43,44)40-16-4-8-18(9-5-16)92-36-32(106-122(78,79)80)28(102-118(66,67)68)24(20(94-36)11-88-112(48,49)50)98-38-34(108-124(84,85)86)30(104-120(72,73)74)26(100-116(60,61)62)22(96-38)13-90-114(54,55)56;;;;;;;;;;;;;;/h2-9,14,19-40H,10-13H2,1H3,(H,45,46,47)(H,48,49,50)(H,51,52,53)(H,54,55,56)(H,57,58,59)(H,60,61,62)(H,63,64,65)(H,66,67,68)(H,69,70,71)(H,72,73,74)(H,75,76,77)(H,78,79,80)(H,81,82,83)(H,84,85,86);;;;;;;;;;;;;;/q;14*+1/p-14/t19-,20-,21-,22-,23-,24-,25-,26-,27+,28+,29+,30+,31-,32-,33-,34-,35-,36-,37-,38-;;;;;;;;;;;;;;/m1............../s1. The van der Waals surface area contributed by atoms with E-state index in [1.54, 1.807) is 9.44 Å². The molecule has 2 aromatic carbocycles. The summed E-state index contributed by atoms with van der Waals surface area (Å²) in [6.45, 7) is -8.30. The van der Waals surface area contributed by atoms with Gasteiger partial charge in [0.05, 0.1) is 26.4 Å². The predicted octanol–water partition coefficient (Wildman–Crippen LogP) is -56.9. The van der Waals surface area contributed by atoms with Gasteiger partial charge in [0.25, 0.3) is 20.0 Å². The minimum Gasteiger partial charge on any atom is -0.726 e. The Morgan fingerprint density at radius 1 is 0.232 bits per heavy atom. The zero-order valence-corrected chi connectivity index (χ0v) is 113. The molecule has 4 aliphatic heterocycles. The molecule has 0 radical (unpaired) electrons. The number of benzene rings is 2. The van der Waals surface area contributed by atoms with Crippen molar-refractivity contribution in [1.29, 1.82) is 0 Å². The van der Waals surface area contributed by atoms with E-state index < -0.39 is 342 Å². The fourth-order valence-electron chi connectivity index (χ4n) is 10.3. The SMILES string of the molecule is CC(S(=O)(=O)Nc1ccc(O[C@@H]2O[C@H](COS(=O)(=O)[O-])[C@@H](O[C@H]3O[C@H](COS(=O)(=O)[O-])[C@@H](OS(=O)(=O)[O-])[C@H](OS(=O)(=O)[O-])[C@H]3OS(=O)(=O)[O-])[C@H](OS(=O)(=O)[O-])[C@H]2OS(=O)(=O)[O-])cc1)S(=O)(=O)Nc1ccc(O[C@@H]2O[C@H](COS(=O)(=O)[O-])[C@@H](O[C@H]3O[C@H](COS(=O)(=O)[O-])[C@@H](OS(=O)(=O)[O-])[C@H](OS(=O)(=O)[O-])[C@H]3OS(=O)(=O)[O-])[C@H](OS(=O)(=O)[O-])[C@H]2OS(=O)(=O)[O-])cc1.[Na+].[Na+].[Na+].[Na+].[Na+].[Na+].[Na+].[Na+].[Na+].[Na+].[Na+].[Na+].[Na+].[Na+]. The molecular weight excluding hydrogens is 2410 g/mol. The topological polar surface area (TPSA) is 1100 Å². The van der Waals surface area contributed by atoms with Gasteiger partial charge in [0, 0.05) is 11.4 Å². The number of rotatable bonds is 46. The molecule has 0 spiro atoms. The van der Waals surface area contributed by atoms with Crippen LogP contribution in [0.15, 0.2) is 48.5 Å². The second-order valence-electron chi connectivity index (χ2n) is 23.0. The molecule has 2 N–H and O–H groups in total. The van der Waals surface area contributed by atoms with Crippen molar-refractivity contribution in [2.24, 2.45) is 0 Å². The number of hydrogen-bond donors (Lipinski definition) is 2. The summed E-state index contributed by atoms with van der Waals surface area (Å²) >= 11 is 0. The summed E-state index contributed by atoms with van der Waals surface area (Å²) in [5.41, 5.74) is -1.66. The fourth-order valence-corrected chi connectivity index (χ4v) is 19.2. The monoisotopic (exact) mass is 2450 g/mol. The minimum atomic E-state index is -6.72. The van der Waals surface area contributed by atoms with Gasteiger partial charge in [-0.2, -0.15) is 0 Å². The van der Waals surface area contributed by atoms with Crippen LogP contribution in [0.3, 0.4) is 0 Å². The smallest absolute Gasteiger partial charge is 0.726 e. The molecule has 6 rings (SSSR count). The largest absolute Gasteiger partial charge is 1.00 e. The van der Waals surface area contributed by atoms with Gasteiger partial charge in [-0.3, -0.25) is 68.0 Å². The van der Waals surface area contributed by atoms with Crippen LogP contribution in [0.25, 0.3) is 0 Å². The second kappa shape index (κ2) is 66.2. The van der Waals surface area contributed by atoms with Crippen LogP contribution in [0.5, 0.6) is 11.5 Å². The molecule has 138 heavy (non-hydrogen) atoms. The first-order valence-corrected chi connectivity index (χ1v) is 51.5. The zero-order chi connectivity index (χ0) is 94.9. The quantitative estimate of drug-likeness (QED) is 0.0353. The Morgan fingerprint density at radius 3 is 0.580 bits per heavy atom. The molecule has 4 fully saturated rings. The van der Waals surface area contributed by atoms with E-state index in [0.717, 1.165) is 0 Å². The first-order chi connectivity index (χ1) is 55.5. The van der Waals surface area contributed by atoms with Crippen LogP contribution in [0, 0.1) is 0 Å². The van der Waals surface area contributed by atoms with Crippen molar-refractivity contribution < 1.29 is 709 Å². The fraction of sp³-hybridized carbons (Fsp3) is 0.684. The van der Waals surface area contributed by atoms with E-state index in [9.17, 15) is 198 Å². The third kappa shape index (κ3) is 61.9. The molecule has 0 aromatic heterocycles. The number of nitrogens with one attached hydrogen (secondary N) is 2. The van der Waals surface area contributed by atoms with E-state index >= 15 is 0 Å². The Bertz CT molecular complexity index is 5800. The summed E-state index contributed by atoms with van der Waals surface area (Å²) in [4.78, 5) is 0. The van der Waals surface area contributed by atoms with Crippen molar-refractivity contribution in [3.63, 3.8) is 0 Å². The number of ether oxygens (including phenoxy) is 8. The van der Waals surface area contributed by atoms with Gasteiger partial charge in [-0.15, -0.1) is 0 Å². The third-order valence-corrected chi connectivity index (χ3v) is 24.9. The van der Waals surface area contributed by atoms with Crippen molar-refractivity contribution in [3.05, 3.63) is 48.5 Å². The van der Waals surface area contributed by atoms with Gasteiger partial charge in [-0.1, -0.05) is 0 Å². The van der Waals surface area contributed by atoms with Crippen LogP contribution < -0.4 is 433 Å². The maximum absolute atomic E-state index is 13.7. The summed E-state index contributed by atoms with van der Waals surface area (Å²) in [7, 11) is -102. The Kier molecular flexibility index (Phi) is 79.1. The Labute approximate surface area is 1090 Å². The maximum atomic E-state index is 13.7. The van der Waals surface area contributed by atoms with Gasteiger partial charge in [0.2, 0.25) is 158 Å². The maximum Gasteiger partial charge on any atom is 1.00 e. The van der Waals surface area contributed by atoms with Crippen LogP contribution in [-0.4, -0.2) is 352 Å². The van der Waals surface area contributed by atoms with Crippen molar-refractivity contribution in [1.82, 2.24) is 0 Å². The van der Waals surface area contributed by atoms with E-state index in [1.807, 2.05) is 0 Å². The van der Waals surface area contributed by atoms with Crippen LogP contribution in [0.4, 0.5) is 11.4 Å². The van der Waals surface area contributed by atoms with Gasteiger partial charge >= 0.3 is 414 Å². The van der Waals surface area contributed by atoms with E-state index in [4.69, 9.17) is 37.9 Å². The average molecular weight is 2450 g/mol. The van der Waals surface area contributed by atoms with Crippen molar-refractivity contribution >= 4 is 177 Å². The summed E-state index contributed by atoms with van der Waals surface area (Å²) in [6.07, 6.45) is -68.8. The zero-order valence-electron chi connectivity index (χ0n) is 71.9. The summed E-state index contributed by atoms with van der Waals surface area (Å²) < 4.78 is 656. The number of anilines is 2. The van der Waals surface area contributed by atoms with Crippen LogP contribution in [0.2, 0.25) is 0 Å². The van der Waals surface area contributed by atoms with Gasteiger partial charge in [-0.25, -0.2) is 135 Å². The van der Waals surface area contributed by atoms with Crippen LogP contribution in [-0.2, 0) is 253 Å². The third-order valence-electron chi connectivity index (χ3n) is 14.4. The molecule has 4 saturated heterocycles. The van der Waals surface area contributed by atoms with Crippen molar-refractivity contribution in [2.45, 2.75) is 134 Å². The molecule has 0 amide bonds. The Balaban J connectivity index is -0.00000170. The van der Waals surface area contributed by atoms with E-state index in [-0.39, 0.29) is 414 Å². The molecule has 100 heteroatoms. The minimum absolute atomic E-state index is 0. The molecule has 70 nitrogen and oxygen atoms in total. The molecule has 0 unspecified atom stereocenters. The van der Waals surface area contributed by atoms with Crippen LogP contribution >= 0.6 is 0 Å². The van der Waals surface area contributed by atoms with Gasteiger partial charge in [0.1, 0.15) is 84.7 Å². The van der Waals surface area contributed by atoms with E-state index in [2.05, 4.69) is 58.6 Å². The summed E-state index contributed by atoms with van der Waals surface area (Å²) in [5.74, 6) is -2.02. The molecule has 2 aromatic rings. The average Bonchev–Trinajstić information content (AvgIpc) is 0.754. The number of hydrogen-bond acceptors (Lipinski definition) is 68. The normalized spacial score (nSPS) is 25.9. The Hall–Kier alpha value is 9.48.